The molecule has 0 N–H and O–H groups in total. The summed E-state index contributed by atoms with van der Waals surface area (Å²) in [5.74, 6) is 0.927. The lowest BCUT2D eigenvalue weighted by atomic mass is 10.0. The summed E-state index contributed by atoms with van der Waals surface area (Å²) in [5.41, 5.74) is 2.29. The number of alkyl halides is 1. The lowest BCUT2D eigenvalue weighted by Crippen LogP contribution is -1.98. The minimum absolute atomic E-state index is 0.525. The highest BCUT2D eigenvalue weighted by Gasteiger charge is 2.09. The van der Waals surface area contributed by atoms with Crippen molar-refractivity contribution in [3.8, 4) is 5.75 Å². The van der Waals surface area contributed by atoms with Crippen LogP contribution >= 0.6 is 27.3 Å². The van der Waals surface area contributed by atoms with E-state index >= 15 is 0 Å². The average molecular weight is 362 g/mol. The van der Waals surface area contributed by atoms with Crippen molar-refractivity contribution in [1.82, 2.24) is 4.98 Å². The van der Waals surface area contributed by atoms with Crippen molar-refractivity contribution in [2.75, 3.05) is 0 Å². The van der Waals surface area contributed by atoms with Crippen molar-refractivity contribution in [2.45, 2.75) is 25.8 Å². The molecule has 0 spiro atoms. The maximum Gasteiger partial charge on any atom is 0.140 e. The van der Waals surface area contributed by atoms with Crippen molar-refractivity contribution in [3.05, 3.63) is 57.5 Å². The molecule has 0 unspecified atom stereocenters. The Balaban J connectivity index is 1.89. The number of benzene rings is 2. The average Bonchev–Trinajstić information content (AvgIpc) is 2.83. The van der Waals surface area contributed by atoms with Crippen LogP contribution in [-0.4, -0.2) is 4.98 Å². The van der Waals surface area contributed by atoms with Crippen LogP contribution in [0, 0.1) is 13.8 Å². The van der Waals surface area contributed by atoms with Gasteiger partial charge in [0.2, 0.25) is 0 Å². The fourth-order valence-electron chi connectivity index (χ4n) is 2.33. The second-order valence-electron chi connectivity index (χ2n) is 4.93. The summed E-state index contributed by atoms with van der Waals surface area (Å²) in [7, 11) is 0. The van der Waals surface area contributed by atoms with E-state index in [2.05, 4.69) is 58.2 Å². The summed E-state index contributed by atoms with van der Waals surface area (Å²) in [5, 5.41) is 4.27. The Hall–Kier alpha value is -1.39. The van der Waals surface area contributed by atoms with Crippen LogP contribution in [-0.2, 0) is 11.9 Å². The maximum absolute atomic E-state index is 6.01. The molecule has 108 valence electrons. The van der Waals surface area contributed by atoms with Crippen LogP contribution in [0.25, 0.3) is 10.8 Å². The highest BCUT2D eigenvalue weighted by molar-refractivity contribution is 9.08. The molecule has 21 heavy (non-hydrogen) atoms. The smallest absolute Gasteiger partial charge is 0.140 e. The van der Waals surface area contributed by atoms with Crippen LogP contribution < -0.4 is 4.74 Å². The van der Waals surface area contributed by atoms with Gasteiger partial charge in [-0.2, -0.15) is 0 Å². The van der Waals surface area contributed by atoms with E-state index in [0.717, 1.165) is 21.8 Å². The fourth-order valence-corrected chi connectivity index (χ4v) is 3.76. The molecule has 4 heteroatoms. The molecule has 1 heterocycles. The van der Waals surface area contributed by atoms with Crippen molar-refractivity contribution in [3.63, 3.8) is 0 Å². The third-order valence-electron chi connectivity index (χ3n) is 3.56. The van der Waals surface area contributed by atoms with E-state index in [1.165, 1.54) is 21.2 Å². The molecule has 0 aliphatic carbocycles. The molecule has 2 aromatic carbocycles. The lowest BCUT2D eigenvalue weighted by Gasteiger charge is -2.11. The van der Waals surface area contributed by atoms with Gasteiger partial charge in [0.25, 0.3) is 0 Å². The number of rotatable bonds is 4. The first-order valence-electron chi connectivity index (χ1n) is 6.81. The Labute approximate surface area is 136 Å². The second-order valence-corrected chi connectivity index (χ2v) is 6.78. The van der Waals surface area contributed by atoms with E-state index in [0.29, 0.717) is 6.61 Å². The van der Waals surface area contributed by atoms with Crippen molar-refractivity contribution < 1.29 is 4.74 Å². The molecule has 0 atom stereocenters. The molecule has 0 fully saturated rings. The Morgan fingerprint density at radius 3 is 2.67 bits per heavy atom. The van der Waals surface area contributed by atoms with Crippen LogP contribution in [0.5, 0.6) is 5.75 Å². The molecule has 3 rings (SSSR count). The number of aryl methyl sites for hydroxylation is 2. The van der Waals surface area contributed by atoms with Crippen molar-refractivity contribution in [1.29, 1.82) is 0 Å². The number of thiazole rings is 1. The molecule has 2 nitrogen and oxygen atoms in total. The molecule has 0 saturated carbocycles. The van der Waals surface area contributed by atoms with E-state index in [4.69, 9.17) is 4.74 Å². The topological polar surface area (TPSA) is 22.1 Å². The normalized spacial score (nSPS) is 11.0. The Morgan fingerprint density at radius 1 is 1.14 bits per heavy atom. The highest BCUT2D eigenvalue weighted by atomic mass is 79.9. The maximum atomic E-state index is 6.01. The third kappa shape index (κ3) is 2.97. The molecule has 1 aromatic heterocycles. The van der Waals surface area contributed by atoms with Crippen molar-refractivity contribution >= 4 is 38.0 Å². The number of nitrogens with zero attached hydrogens (tertiary/aromatic N) is 1. The van der Waals surface area contributed by atoms with Gasteiger partial charge in [-0.1, -0.05) is 46.3 Å². The van der Waals surface area contributed by atoms with Gasteiger partial charge in [0.05, 0.1) is 5.69 Å². The van der Waals surface area contributed by atoms with Crippen LogP contribution in [0.1, 0.15) is 21.1 Å². The van der Waals surface area contributed by atoms with Gasteiger partial charge >= 0.3 is 0 Å². The van der Waals surface area contributed by atoms with Gasteiger partial charge in [-0.05, 0) is 30.7 Å². The largest absolute Gasteiger partial charge is 0.486 e. The van der Waals surface area contributed by atoms with Crippen LogP contribution in [0.15, 0.2) is 36.4 Å². The fraction of sp³-hybridized carbons (Fsp3) is 0.235. The van der Waals surface area contributed by atoms with Crippen LogP contribution in [0.2, 0.25) is 0 Å². The summed E-state index contributed by atoms with van der Waals surface area (Å²) in [6.07, 6.45) is 0. The molecule has 0 radical (unpaired) electrons. The molecule has 0 saturated heterocycles. The molecule has 0 amide bonds. The number of fused-ring (bicyclic) bond motifs is 1. The second kappa shape index (κ2) is 6.16. The SMILES string of the molecule is Cc1nc(COc2ccc3ccccc3c2CBr)sc1C. The van der Waals surface area contributed by atoms with Gasteiger partial charge < -0.3 is 4.74 Å². The monoisotopic (exact) mass is 361 g/mol. The molecular weight excluding hydrogens is 346 g/mol. The van der Waals surface area contributed by atoms with Crippen LogP contribution in [0.4, 0.5) is 0 Å². The molecule has 3 aromatic rings. The van der Waals surface area contributed by atoms with E-state index < -0.39 is 0 Å². The van der Waals surface area contributed by atoms with E-state index in [9.17, 15) is 0 Å². The Morgan fingerprint density at radius 2 is 1.95 bits per heavy atom. The Kier molecular flexibility index (Phi) is 4.27. The lowest BCUT2D eigenvalue weighted by molar-refractivity contribution is 0.303. The van der Waals surface area contributed by atoms with E-state index in [-0.39, 0.29) is 0 Å². The van der Waals surface area contributed by atoms with Gasteiger partial charge in [0, 0.05) is 15.8 Å². The van der Waals surface area contributed by atoms with Crippen molar-refractivity contribution in [2.24, 2.45) is 0 Å². The Bertz CT molecular complexity index is 762. The molecule has 0 aliphatic rings. The summed E-state index contributed by atoms with van der Waals surface area (Å²) < 4.78 is 6.01. The molecule has 0 bridgehead atoms. The van der Waals surface area contributed by atoms with Gasteiger partial charge in [-0.15, -0.1) is 11.3 Å². The van der Waals surface area contributed by atoms with Gasteiger partial charge in [-0.3, -0.25) is 0 Å². The quantitative estimate of drug-likeness (QED) is 0.581. The number of hydrogen-bond acceptors (Lipinski definition) is 3. The number of aromatic nitrogens is 1. The van der Waals surface area contributed by atoms with Crippen LogP contribution in [0.3, 0.4) is 0 Å². The van der Waals surface area contributed by atoms with Gasteiger partial charge in [0.1, 0.15) is 17.4 Å². The standard InChI is InChI=1S/C17H16BrNOS/c1-11-12(2)21-17(19-11)10-20-16-8-7-13-5-3-4-6-14(13)15(16)9-18/h3-8H,9-10H2,1-2H3. The highest BCUT2D eigenvalue weighted by Crippen LogP contribution is 2.31. The predicted octanol–water partition coefficient (Wildman–Crippen LogP) is 5.39. The van der Waals surface area contributed by atoms with Gasteiger partial charge in [-0.25, -0.2) is 4.98 Å². The third-order valence-corrected chi connectivity index (χ3v) is 5.16. The minimum atomic E-state index is 0.525. The number of ether oxygens (including phenoxy) is 1. The first kappa shape index (κ1) is 14.5. The zero-order valence-corrected chi connectivity index (χ0v) is 14.4. The summed E-state index contributed by atoms with van der Waals surface area (Å²) >= 11 is 5.28. The van der Waals surface area contributed by atoms with E-state index in [1.54, 1.807) is 11.3 Å². The van der Waals surface area contributed by atoms with Gasteiger partial charge in [0.15, 0.2) is 0 Å². The predicted molar refractivity (Wildman–Crippen MR) is 92.5 cm³/mol. The van der Waals surface area contributed by atoms with E-state index in [1.807, 2.05) is 13.0 Å². The first-order valence-corrected chi connectivity index (χ1v) is 8.75. The molecular formula is C17H16BrNOS. The molecule has 0 aliphatic heterocycles. The zero-order chi connectivity index (χ0) is 14.8. The zero-order valence-electron chi connectivity index (χ0n) is 12.0. The summed E-state index contributed by atoms with van der Waals surface area (Å²) in [4.78, 5) is 5.78. The number of hydrogen-bond donors (Lipinski definition) is 0. The minimum Gasteiger partial charge on any atom is -0.486 e. The summed E-state index contributed by atoms with van der Waals surface area (Å²) in [6.45, 7) is 4.66. The summed E-state index contributed by atoms with van der Waals surface area (Å²) in [6, 6.07) is 12.5. The number of halogens is 1. The first-order chi connectivity index (χ1) is 10.2.